The lowest BCUT2D eigenvalue weighted by Gasteiger charge is -2.24. The monoisotopic (exact) mass is 275 g/mol. The second-order valence-corrected chi connectivity index (χ2v) is 6.64. The SMILES string of the molecule is CC(C)CNCc1cccc(CN(C)C(C)C2CC2)n1. The van der Waals surface area contributed by atoms with Gasteiger partial charge in [-0.1, -0.05) is 19.9 Å². The Morgan fingerprint density at radius 1 is 1.25 bits per heavy atom. The van der Waals surface area contributed by atoms with Crippen molar-refractivity contribution < 1.29 is 0 Å². The van der Waals surface area contributed by atoms with Crippen molar-refractivity contribution in [2.24, 2.45) is 11.8 Å². The summed E-state index contributed by atoms with van der Waals surface area (Å²) < 4.78 is 0. The quantitative estimate of drug-likeness (QED) is 0.790. The van der Waals surface area contributed by atoms with E-state index in [0.717, 1.165) is 31.2 Å². The highest BCUT2D eigenvalue weighted by atomic mass is 15.1. The molecule has 3 nitrogen and oxygen atoms in total. The minimum Gasteiger partial charge on any atom is -0.311 e. The Hall–Kier alpha value is -0.930. The second kappa shape index (κ2) is 7.19. The van der Waals surface area contributed by atoms with Crippen molar-refractivity contribution in [1.82, 2.24) is 15.2 Å². The first-order valence-corrected chi connectivity index (χ1v) is 7.92. The summed E-state index contributed by atoms with van der Waals surface area (Å²) in [6.07, 6.45) is 2.80. The van der Waals surface area contributed by atoms with Crippen molar-refractivity contribution in [3.8, 4) is 0 Å². The number of hydrogen-bond acceptors (Lipinski definition) is 3. The Kier molecular flexibility index (Phi) is 5.55. The van der Waals surface area contributed by atoms with Crippen molar-refractivity contribution in [2.75, 3.05) is 13.6 Å². The summed E-state index contributed by atoms with van der Waals surface area (Å²) in [5.41, 5.74) is 2.33. The third-order valence-corrected chi connectivity index (χ3v) is 4.13. The molecule has 1 saturated carbocycles. The number of aromatic nitrogens is 1. The van der Waals surface area contributed by atoms with Gasteiger partial charge in [0.1, 0.15) is 0 Å². The Bertz CT molecular complexity index is 412. The molecule has 0 aliphatic heterocycles. The summed E-state index contributed by atoms with van der Waals surface area (Å²) in [6, 6.07) is 7.06. The van der Waals surface area contributed by atoms with Crippen LogP contribution in [0.1, 0.15) is 45.0 Å². The summed E-state index contributed by atoms with van der Waals surface area (Å²) in [5, 5.41) is 3.46. The minimum absolute atomic E-state index is 0.680. The molecular weight excluding hydrogens is 246 g/mol. The predicted molar refractivity (Wildman–Crippen MR) is 84.4 cm³/mol. The first-order valence-electron chi connectivity index (χ1n) is 7.92. The van der Waals surface area contributed by atoms with Crippen molar-refractivity contribution in [3.05, 3.63) is 29.6 Å². The number of rotatable bonds is 8. The fraction of sp³-hybridized carbons (Fsp3) is 0.706. The fourth-order valence-electron chi connectivity index (χ4n) is 2.54. The van der Waals surface area contributed by atoms with Gasteiger partial charge in [-0.3, -0.25) is 9.88 Å². The highest BCUT2D eigenvalue weighted by Crippen LogP contribution is 2.34. The molecule has 1 atom stereocenters. The average molecular weight is 275 g/mol. The number of nitrogens with one attached hydrogen (secondary N) is 1. The van der Waals surface area contributed by atoms with E-state index in [-0.39, 0.29) is 0 Å². The maximum Gasteiger partial charge on any atom is 0.0547 e. The summed E-state index contributed by atoms with van der Waals surface area (Å²) >= 11 is 0. The molecule has 3 heteroatoms. The largest absolute Gasteiger partial charge is 0.311 e. The van der Waals surface area contributed by atoms with E-state index >= 15 is 0 Å². The van der Waals surface area contributed by atoms with Gasteiger partial charge in [-0.05, 0) is 57.3 Å². The van der Waals surface area contributed by atoms with E-state index in [1.165, 1.54) is 18.5 Å². The molecule has 1 heterocycles. The zero-order chi connectivity index (χ0) is 14.5. The van der Waals surface area contributed by atoms with Crippen molar-refractivity contribution in [1.29, 1.82) is 0 Å². The molecule has 112 valence electrons. The van der Waals surface area contributed by atoms with Gasteiger partial charge < -0.3 is 5.32 Å². The molecule has 0 saturated heterocycles. The van der Waals surface area contributed by atoms with Gasteiger partial charge in [0.2, 0.25) is 0 Å². The van der Waals surface area contributed by atoms with Gasteiger partial charge in [0.25, 0.3) is 0 Å². The highest BCUT2D eigenvalue weighted by molar-refractivity contribution is 5.11. The number of pyridine rings is 1. The van der Waals surface area contributed by atoms with E-state index in [1.54, 1.807) is 0 Å². The van der Waals surface area contributed by atoms with Gasteiger partial charge >= 0.3 is 0 Å². The molecular formula is C17H29N3. The van der Waals surface area contributed by atoms with Crippen molar-refractivity contribution >= 4 is 0 Å². The number of hydrogen-bond donors (Lipinski definition) is 1. The Morgan fingerprint density at radius 2 is 1.95 bits per heavy atom. The van der Waals surface area contributed by atoms with Crippen LogP contribution in [0.5, 0.6) is 0 Å². The van der Waals surface area contributed by atoms with E-state index < -0.39 is 0 Å². The maximum atomic E-state index is 4.77. The molecule has 1 aliphatic carbocycles. The van der Waals surface area contributed by atoms with Crippen LogP contribution in [-0.2, 0) is 13.1 Å². The third-order valence-electron chi connectivity index (χ3n) is 4.13. The van der Waals surface area contributed by atoms with Crippen LogP contribution >= 0.6 is 0 Å². The van der Waals surface area contributed by atoms with Gasteiger partial charge in [-0.2, -0.15) is 0 Å². The van der Waals surface area contributed by atoms with E-state index in [0.29, 0.717) is 12.0 Å². The van der Waals surface area contributed by atoms with Crippen molar-refractivity contribution in [3.63, 3.8) is 0 Å². The van der Waals surface area contributed by atoms with E-state index in [2.05, 4.69) is 56.2 Å². The molecule has 1 aliphatic rings. The predicted octanol–water partition coefficient (Wildman–Crippen LogP) is 3.06. The van der Waals surface area contributed by atoms with Gasteiger partial charge in [-0.15, -0.1) is 0 Å². The van der Waals surface area contributed by atoms with Gasteiger partial charge in [0.05, 0.1) is 11.4 Å². The number of nitrogens with zero attached hydrogens (tertiary/aromatic N) is 2. The molecule has 1 aromatic rings. The summed E-state index contributed by atoms with van der Waals surface area (Å²) in [4.78, 5) is 7.20. The lowest BCUT2D eigenvalue weighted by molar-refractivity contribution is 0.224. The molecule has 0 bridgehead atoms. The first kappa shape index (κ1) is 15.5. The smallest absolute Gasteiger partial charge is 0.0547 e. The summed E-state index contributed by atoms with van der Waals surface area (Å²) in [7, 11) is 2.22. The van der Waals surface area contributed by atoms with Crippen LogP contribution in [0.15, 0.2) is 18.2 Å². The third kappa shape index (κ3) is 4.88. The van der Waals surface area contributed by atoms with E-state index in [4.69, 9.17) is 4.98 Å². The molecule has 1 unspecified atom stereocenters. The standard InChI is InChI=1S/C17H29N3/c1-13(2)10-18-11-16-6-5-7-17(19-16)12-20(4)14(3)15-8-9-15/h5-7,13-15,18H,8-12H2,1-4H3. The summed E-state index contributed by atoms with van der Waals surface area (Å²) in [5.74, 6) is 1.60. The molecule has 20 heavy (non-hydrogen) atoms. The van der Waals surface area contributed by atoms with Gasteiger partial charge in [-0.25, -0.2) is 0 Å². The molecule has 0 spiro atoms. The van der Waals surface area contributed by atoms with E-state index in [1.807, 2.05) is 0 Å². The Balaban J connectivity index is 1.85. The molecule has 1 N–H and O–H groups in total. The fourth-order valence-corrected chi connectivity index (χ4v) is 2.54. The van der Waals surface area contributed by atoms with Crippen LogP contribution in [-0.4, -0.2) is 29.5 Å². The molecule has 1 aromatic heterocycles. The highest BCUT2D eigenvalue weighted by Gasteiger charge is 2.30. The topological polar surface area (TPSA) is 28.2 Å². The second-order valence-electron chi connectivity index (χ2n) is 6.64. The van der Waals surface area contributed by atoms with Crippen LogP contribution < -0.4 is 5.32 Å². The Morgan fingerprint density at radius 3 is 2.60 bits per heavy atom. The molecule has 1 fully saturated rings. The normalized spacial score (nSPS) is 16.9. The molecule has 2 rings (SSSR count). The maximum absolute atomic E-state index is 4.77. The minimum atomic E-state index is 0.680. The average Bonchev–Trinajstić information content (AvgIpc) is 3.22. The van der Waals surface area contributed by atoms with Crippen LogP contribution in [0.2, 0.25) is 0 Å². The molecule has 0 amide bonds. The Labute approximate surface area is 123 Å². The van der Waals surface area contributed by atoms with Gasteiger partial charge in [0.15, 0.2) is 0 Å². The first-order chi connectivity index (χ1) is 9.56. The van der Waals surface area contributed by atoms with Gasteiger partial charge in [0, 0.05) is 19.1 Å². The van der Waals surface area contributed by atoms with Crippen LogP contribution in [0.3, 0.4) is 0 Å². The molecule has 0 aromatic carbocycles. The summed E-state index contributed by atoms with van der Waals surface area (Å²) in [6.45, 7) is 9.66. The molecule has 0 radical (unpaired) electrons. The lowest BCUT2D eigenvalue weighted by Crippen LogP contribution is -2.30. The lowest BCUT2D eigenvalue weighted by atomic mass is 10.2. The van der Waals surface area contributed by atoms with E-state index in [9.17, 15) is 0 Å². The van der Waals surface area contributed by atoms with Crippen molar-refractivity contribution in [2.45, 2.75) is 52.7 Å². The zero-order valence-electron chi connectivity index (χ0n) is 13.4. The van der Waals surface area contributed by atoms with Crippen LogP contribution in [0, 0.1) is 11.8 Å². The van der Waals surface area contributed by atoms with Crippen LogP contribution in [0.4, 0.5) is 0 Å². The zero-order valence-corrected chi connectivity index (χ0v) is 13.4. The van der Waals surface area contributed by atoms with Crippen LogP contribution in [0.25, 0.3) is 0 Å².